The van der Waals surface area contributed by atoms with Gasteiger partial charge in [0.2, 0.25) is 0 Å². The summed E-state index contributed by atoms with van der Waals surface area (Å²) in [5.74, 6) is -0.217. The summed E-state index contributed by atoms with van der Waals surface area (Å²) in [7, 11) is 5.42. The summed E-state index contributed by atoms with van der Waals surface area (Å²) in [4.78, 5) is 25.9. The smallest absolute Gasteiger partial charge is 1.00 e. The Morgan fingerprint density at radius 2 is 1.50 bits per heavy atom. The molecule has 0 unspecified atom stereocenters. The van der Waals surface area contributed by atoms with Crippen LogP contribution in [-0.4, -0.2) is 46.3 Å². The van der Waals surface area contributed by atoms with E-state index < -0.39 is 0 Å². The predicted molar refractivity (Wildman–Crippen MR) is 123 cm³/mol. The molecule has 0 aliphatic carbocycles. The van der Waals surface area contributed by atoms with Crippen LogP contribution in [-0.2, 0) is 9.59 Å². The maximum atomic E-state index is 11.9. The minimum Gasteiger partial charge on any atom is -1.00 e. The fraction of sp³-hybridized carbons (Fsp3) is 0.167. The summed E-state index contributed by atoms with van der Waals surface area (Å²) in [6.07, 6.45) is 9.41. The van der Waals surface area contributed by atoms with Gasteiger partial charge in [-0.3, -0.25) is 9.59 Å². The molecule has 32 heavy (non-hydrogen) atoms. The molecule has 0 spiro atoms. The fourth-order valence-corrected chi connectivity index (χ4v) is 2.49. The minimum absolute atomic E-state index is 0. The van der Waals surface area contributed by atoms with Crippen LogP contribution in [0.4, 0.5) is 5.69 Å². The number of ether oxygens (including phenoxy) is 1. The van der Waals surface area contributed by atoms with Crippen LogP contribution < -0.4 is 19.0 Å². The van der Waals surface area contributed by atoms with Crippen molar-refractivity contribution in [1.82, 2.24) is 0 Å². The molecule has 2 aromatic carbocycles. The monoisotopic (exact) mass is 440 g/mol. The van der Waals surface area contributed by atoms with Gasteiger partial charge < -0.3 is 24.2 Å². The summed E-state index contributed by atoms with van der Waals surface area (Å²) in [5.41, 5.74) is 2.83. The first-order chi connectivity index (χ1) is 13.9. The molecule has 0 amide bonds. The van der Waals surface area contributed by atoms with E-state index >= 15 is 0 Å². The van der Waals surface area contributed by atoms with E-state index in [-0.39, 0.29) is 41.6 Å². The maximum Gasteiger partial charge on any atom is 2.00 e. The van der Waals surface area contributed by atoms with Crippen molar-refractivity contribution in [1.29, 1.82) is 0 Å². The third-order valence-electron chi connectivity index (χ3n) is 4.11. The number of aromatic hydroxyl groups is 1. The third-order valence-corrected chi connectivity index (χ3v) is 4.11. The standard InChI is InChI=1S/C24H25NO4.B.2FH/c1-25(2)20-12-8-18(9-13-20)6-4-5-7-21(26)17-22(27)14-10-19-11-15-23(28)24(16-19)29-3;;;/h4-16,28H,17H2,1-3H3;;2*1H/q;+2;;/p-2. The number of methoxy groups -OCH3 is 1. The first-order valence-corrected chi connectivity index (χ1v) is 9.12. The van der Waals surface area contributed by atoms with E-state index in [2.05, 4.69) is 0 Å². The number of rotatable bonds is 9. The van der Waals surface area contributed by atoms with Crippen LogP contribution in [0.2, 0.25) is 0 Å². The van der Waals surface area contributed by atoms with Crippen molar-refractivity contribution in [3.8, 4) is 11.5 Å². The van der Waals surface area contributed by atoms with Gasteiger partial charge in [0.15, 0.2) is 23.1 Å². The number of ketones is 2. The van der Waals surface area contributed by atoms with Crippen LogP contribution in [0.15, 0.2) is 66.8 Å². The SMILES string of the molecule is COc1cc(C=CC(=O)CC(=O)C=CC=Cc2ccc(N(C)C)cc2)ccc1O.[B+2].[F-].[F-]. The Morgan fingerprint density at radius 1 is 0.906 bits per heavy atom. The molecule has 0 atom stereocenters. The zero-order chi connectivity index (χ0) is 21.2. The molecule has 0 aliphatic rings. The van der Waals surface area contributed by atoms with Crippen LogP contribution in [0, 0.1) is 0 Å². The molecule has 167 valence electrons. The maximum absolute atomic E-state index is 11.9. The number of phenolic OH excluding ortho intramolecular Hbond substituents is 1. The van der Waals surface area contributed by atoms with E-state index in [1.54, 1.807) is 30.4 Å². The number of carbonyl (C=O) groups excluding carboxylic acids is 2. The molecule has 2 aromatic rings. The number of nitrogens with zero attached hydrogens (tertiary/aromatic N) is 1. The second-order valence-electron chi connectivity index (χ2n) is 6.58. The Hall–Kier alpha value is -3.68. The Balaban J connectivity index is 0. The summed E-state index contributed by atoms with van der Waals surface area (Å²) in [5, 5.41) is 9.57. The van der Waals surface area contributed by atoms with Crippen molar-refractivity contribution in [3.63, 3.8) is 0 Å². The summed E-state index contributed by atoms with van der Waals surface area (Å²) < 4.78 is 5.02. The summed E-state index contributed by atoms with van der Waals surface area (Å²) in [6, 6.07) is 12.8. The van der Waals surface area contributed by atoms with Crippen molar-refractivity contribution < 1.29 is 28.8 Å². The quantitative estimate of drug-likeness (QED) is 0.210. The Kier molecular flexibility index (Phi) is 14.5. The molecule has 8 heteroatoms. The number of hydrogen-bond donors (Lipinski definition) is 1. The van der Waals surface area contributed by atoms with Crippen LogP contribution in [0.1, 0.15) is 17.5 Å². The molecule has 0 fully saturated rings. The number of carbonyl (C=O) groups is 2. The van der Waals surface area contributed by atoms with E-state index in [1.807, 2.05) is 49.3 Å². The molecule has 0 bridgehead atoms. The molecule has 0 saturated heterocycles. The second kappa shape index (κ2) is 15.2. The van der Waals surface area contributed by atoms with Crippen LogP contribution in [0.5, 0.6) is 11.5 Å². The number of allylic oxidation sites excluding steroid dienone is 4. The van der Waals surface area contributed by atoms with Gasteiger partial charge in [-0.25, -0.2) is 0 Å². The van der Waals surface area contributed by atoms with Crippen molar-refractivity contribution >= 4 is 37.8 Å². The summed E-state index contributed by atoms with van der Waals surface area (Å²) >= 11 is 0. The number of anilines is 1. The van der Waals surface area contributed by atoms with Gasteiger partial charge >= 0.3 is 8.41 Å². The predicted octanol–water partition coefficient (Wildman–Crippen LogP) is -2.09. The van der Waals surface area contributed by atoms with E-state index in [4.69, 9.17) is 4.74 Å². The van der Waals surface area contributed by atoms with Crippen LogP contribution >= 0.6 is 0 Å². The van der Waals surface area contributed by atoms with Gasteiger partial charge in [0.05, 0.1) is 13.5 Å². The molecule has 1 N–H and O–H groups in total. The van der Waals surface area contributed by atoms with Crippen molar-refractivity contribution in [2.24, 2.45) is 0 Å². The fourth-order valence-electron chi connectivity index (χ4n) is 2.49. The Bertz CT molecular complexity index is 955. The Morgan fingerprint density at radius 3 is 2.09 bits per heavy atom. The zero-order valence-corrected chi connectivity index (χ0v) is 18.2. The molecule has 1 radical (unpaired) electrons. The van der Waals surface area contributed by atoms with E-state index in [0.29, 0.717) is 11.3 Å². The topological polar surface area (TPSA) is 66.8 Å². The number of phenols is 1. The van der Waals surface area contributed by atoms with Gasteiger partial charge in [0.1, 0.15) is 0 Å². The van der Waals surface area contributed by atoms with E-state index in [1.165, 1.54) is 25.3 Å². The van der Waals surface area contributed by atoms with Gasteiger partial charge in [0.25, 0.3) is 0 Å². The largest absolute Gasteiger partial charge is 2.00 e. The molecule has 0 aromatic heterocycles. The first kappa shape index (κ1) is 30.5. The number of halogens is 2. The molecule has 0 saturated carbocycles. The number of hydrogen-bond acceptors (Lipinski definition) is 5. The zero-order valence-electron chi connectivity index (χ0n) is 18.2. The number of benzene rings is 2. The summed E-state index contributed by atoms with van der Waals surface area (Å²) in [6.45, 7) is 0. The minimum atomic E-state index is -0.296. The molecule has 5 nitrogen and oxygen atoms in total. The molecule has 0 heterocycles. The van der Waals surface area contributed by atoms with Gasteiger partial charge in [-0.2, -0.15) is 0 Å². The Labute approximate surface area is 189 Å². The third kappa shape index (κ3) is 9.89. The van der Waals surface area contributed by atoms with Gasteiger partial charge in [-0.15, -0.1) is 0 Å². The molecule has 0 aliphatic heterocycles. The first-order valence-electron chi connectivity index (χ1n) is 9.12. The van der Waals surface area contributed by atoms with Gasteiger partial charge in [-0.1, -0.05) is 42.5 Å². The van der Waals surface area contributed by atoms with Crippen LogP contribution in [0.25, 0.3) is 12.2 Å². The normalized spacial score (nSPS) is 10.3. The molecular formula is C24H25BF2NO4. The molecular weight excluding hydrogens is 415 g/mol. The van der Waals surface area contributed by atoms with Crippen LogP contribution in [0.3, 0.4) is 0 Å². The average Bonchev–Trinajstić information content (AvgIpc) is 2.71. The van der Waals surface area contributed by atoms with Gasteiger partial charge in [0, 0.05) is 19.8 Å². The van der Waals surface area contributed by atoms with E-state index in [9.17, 15) is 14.7 Å². The van der Waals surface area contributed by atoms with Crippen molar-refractivity contribution in [2.45, 2.75) is 6.42 Å². The average molecular weight is 440 g/mol. The molecule has 2 rings (SSSR count). The second-order valence-corrected chi connectivity index (χ2v) is 6.58. The van der Waals surface area contributed by atoms with Gasteiger partial charge in [-0.05, 0) is 47.5 Å². The van der Waals surface area contributed by atoms with Crippen molar-refractivity contribution in [3.05, 3.63) is 77.9 Å². The van der Waals surface area contributed by atoms with Crippen molar-refractivity contribution in [2.75, 3.05) is 26.1 Å². The van der Waals surface area contributed by atoms with E-state index in [0.717, 1.165) is 11.3 Å².